The zero-order chi connectivity index (χ0) is 17.1. The van der Waals surface area contributed by atoms with Gasteiger partial charge in [0.2, 0.25) is 5.55 Å². The Balaban J connectivity index is 1.99. The van der Waals surface area contributed by atoms with Crippen LogP contribution >= 0.6 is 0 Å². The van der Waals surface area contributed by atoms with Gasteiger partial charge in [0.05, 0.1) is 0 Å². The normalized spacial score (nSPS) is 11.5. The van der Waals surface area contributed by atoms with Crippen molar-refractivity contribution < 1.29 is 14.0 Å². The molecule has 0 aliphatic heterocycles. The van der Waals surface area contributed by atoms with Crippen LogP contribution in [0.5, 0.6) is 0 Å². The first-order valence-corrected chi connectivity index (χ1v) is 7.28. The number of hydrogen-bond donors (Lipinski definition) is 2. The Bertz CT molecular complexity index is 988. The van der Waals surface area contributed by atoms with Crippen LogP contribution in [0.25, 0.3) is 11.0 Å². The summed E-state index contributed by atoms with van der Waals surface area (Å²) >= 11 is 0. The van der Waals surface area contributed by atoms with Crippen LogP contribution in [0.1, 0.15) is 26.3 Å². The zero-order valence-electron chi connectivity index (χ0n) is 12.9. The summed E-state index contributed by atoms with van der Waals surface area (Å²) in [6, 6.07) is 15.7. The number of amides is 2. The van der Waals surface area contributed by atoms with Gasteiger partial charge in [-0.05, 0) is 31.2 Å². The Morgan fingerprint density at radius 1 is 1.08 bits per heavy atom. The minimum atomic E-state index is -0.687. The first kappa shape index (κ1) is 15.5. The Morgan fingerprint density at radius 3 is 2.50 bits per heavy atom. The van der Waals surface area contributed by atoms with E-state index in [4.69, 9.17) is 10.2 Å². The van der Waals surface area contributed by atoms with Crippen molar-refractivity contribution in [3.63, 3.8) is 0 Å². The molecule has 0 unspecified atom stereocenters. The van der Waals surface area contributed by atoms with E-state index in [1.807, 2.05) is 25.1 Å². The molecule has 3 aromatic rings. The van der Waals surface area contributed by atoms with E-state index >= 15 is 0 Å². The lowest BCUT2D eigenvalue weighted by Crippen LogP contribution is -2.27. The predicted molar refractivity (Wildman–Crippen MR) is 88.9 cm³/mol. The zero-order valence-corrected chi connectivity index (χ0v) is 12.9. The number of rotatable bonds is 3. The molecule has 3 rings (SSSR count). The molecule has 0 spiro atoms. The molecule has 2 aromatic carbocycles. The molecular formula is C18H15N3O3. The fraction of sp³-hybridized carbons (Fsp3) is 0.0556. The number of hydrogen-bond acceptors (Lipinski definition) is 4. The van der Waals surface area contributed by atoms with Crippen LogP contribution in [0.2, 0.25) is 0 Å². The number of nitrogens with one attached hydrogen (secondary N) is 1. The first-order valence-electron chi connectivity index (χ1n) is 7.28. The molecule has 0 bridgehead atoms. The molecule has 6 heteroatoms. The largest absolute Gasteiger partial charge is 0.436 e. The van der Waals surface area contributed by atoms with Crippen molar-refractivity contribution in [1.82, 2.24) is 5.43 Å². The standard InChI is InChI=1S/C18H15N3O3/c1-11-6-8-12(9-7-11)17(23)20-21-18-14(16(19)22)10-13-4-2-3-5-15(13)24-18/h2-10H,1H3,(H2,19,22)(H,20,23)/b21-18-. The highest BCUT2D eigenvalue weighted by Crippen LogP contribution is 2.12. The number of nitrogens with zero attached hydrogens (tertiary/aromatic N) is 1. The second kappa shape index (κ2) is 6.37. The van der Waals surface area contributed by atoms with Crippen LogP contribution in [0.15, 0.2) is 64.1 Å². The third kappa shape index (κ3) is 3.17. The van der Waals surface area contributed by atoms with Gasteiger partial charge in [0.1, 0.15) is 11.1 Å². The highest BCUT2D eigenvalue weighted by Gasteiger charge is 2.10. The molecule has 0 fully saturated rings. The molecule has 0 aliphatic rings. The maximum atomic E-state index is 12.1. The second-order valence-electron chi connectivity index (χ2n) is 5.29. The van der Waals surface area contributed by atoms with Crippen molar-refractivity contribution in [2.45, 2.75) is 6.92 Å². The van der Waals surface area contributed by atoms with Gasteiger partial charge in [-0.25, -0.2) is 5.43 Å². The summed E-state index contributed by atoms with van der Waals surface area (Å²) in [5, 5.41) is 4.63. The maximum Gasteiger partial charge on any atom is 0.271 e. The topological polar surface area (TPSA) is 97.7 Å². The molecule has 24 heavy (non-hydrogen) atoms. The minimum Gasteiger partial charge on any atom is -0.436 e. The summed E-state index contributed by atoms with van der Waals surface area (Å²) in [5.41, 5.74) is 9.83. The number of carbonyl (C=O) groups is 2. The van der Waals surface area contributed by atoms with Crippen molar-refractivity contribution in [1.29, 1.82) is 0 Å². The summed E-state index contributed by atoms with van der Waals surface area (Å²) in [6.07, 6.45) is 0. The van der Waals surface area contributed by atoms with Gasteiger partial charge in [-0.2, -0.15) is 0 Å². The molecule has 0 saturated heterocycles. The van der Waals surface area contributed by atoms with Crippen LogP contribution in [-0.4, -0.2) is 11.8 Å². The molecule has 3 N–H and O–H groups in total. The molecular weight excluding hydrogens is 306 g/mol. The van der Waals surface area contributed by atoms with Crippen molar-refractivity contribution in [3.05, 3.63) is 76.8 Å². The van der Waals surface area contributed by atoms with E-state index in [2.05, 4.69) is 10.5 Å². The summed E-state index contributed by atoms with van der Waals surface area (Å²) in [6.45, 7) is 1.93. The molecule has 6 nitrogen and oxygen atoms in total. The Hall–Kier alpha value is -3.41. The fourth-order valence-electron chi connectivity index (χ4n) is 2.20. The Labute approximate surface area is 137 Å². The molecule has 0 atom stereocenters. The van der Waals surface area contributed by atoms with Gasteiger partial charge in [-0.3, -0.25) is 9.59 Å². The monoisotopic (exact) mass is 321 g/mol. The lowest BCUT2D eigenvalue weighted by molar-refractivity contribution is 0.0946. The quantitative estimate of drug-likeness (QED) is 0.723. The summed E-state index contributed by atoms with van der Waals surface area (Å²) < 4.78 is 5.58. The minimum absolute atomic E-state index is 0.0401. The number of benzene rings is 2. The first-order chi connectivity index (χ1) is 11.5. The molecule has 0 aliphatic carbocycles. The van der Waals surface area contributed by atoms with E-state index in [9.17, 15) is 9.59 Å². The van der Waals surface area contributed by atoms with Crippen LogP contribution in [-0.2, 0) is 0 Å². The lowest BCUT2D eigenvalue weighted by atomic mass is 10.1. The predicted octanol–water partition coefficient (Wildman–Crippen LogP) is 2.09. The van der Waals surface area contributed by atoms with E-state index in [1.54, 1.807) is 36.4 Å². The van der Waals surface area contributed by atoms with Crippen LogP contribution < -0.4 is 16.7 Å². The van der Waals surface area contributed by atoms with E-state index < -0.39 is 11.8 Å². The molecule has 0 radical (unpaired) electrons. The number of fused-ring (bicyclic) bond motifs is 1. The van der Waals surface area contributed by atoms with E-state index in [-0.39, 0.29) is 11.1 Å². The van der Waals surface area contributed by atoms with E-state index in [1.165, 1.54) is 0 Å². The maximum absolute atomic E-state index is 12.1. The molecule has 2 amide bonds. The third-order valence-electron chi connectivity index (χ3n) is 3.49. The van der Waals surface area contributed by atoms with Crippen molar-refractivity contribution in [3.8, 4) is 0 Å². The summed E-state index contributed by atoms with van der Waals surface area (Å²) in [7, 11) is 0. The van der Waals surface area contributed by atoms with Crippen molar-refractivity contribution in [2.75, 3.05) is 0 Å². The van der Waals surface area contributed by atoms with Crippen LogP contribution in [0.4, 0.5) is 0 Å². The summed E-state index contributed by atoms with van der Waals surface area (Å²) in [5.74, 6) is -1.10. The van der Waals surface area contributed by atoms with Gasteiger partial charge in [-0.1, -0.05) is 35.9 Å². The highest BCUT2D eigenvalue weighted by molar-refractivity contribution is 5.96. The number of primary amides is 1. The van der Waals surface area contributed by atoms with Crippen LogP contribution in [0.3, 0.4) is 0 Å². The Kier molecular flexibility index (Phi) is 4.11. The molecule has 1 heterocycles. The van der Waals surface area contributed by atoms with Gasteiger partial charge in [-0.15, -0.1) is 5.10 Å². The fourth-order valence-corrected chi connectivity index (χ4v) is 2.20. The SMILES string of the molecule is Cc1ccc(C(=O)N/N=c2\oc3ccccc3cc2C(N)=O)cc1. The van der Waals surface area contributed by atoms with Crippen LogP contribution in [0, 0.1) is 6.92 Å². The number of aryl methyl sites for hydroxylation is 1. The number of carbonyl (C=O) groups excluding carboxylic acids is 2. The third-order valence-corrected chi connectivity index (χ3v) is 3.49. The summed E-state index contributed by atoms with van der Waals surface area (Å²) in [4.78, 5) is 23.7. The van der Waals surface area contributed by atoms with E-state index in [0.717, 1.165) is 10.9 Å². The van der Waals surface area contributed by atoms with Gasteiger partial charge < -0.3 is 10.2 Å². The smallest absolute Gasteiger partial charge is 0.271 e. The average Bonchev–Trinajstić information content (AvgIpc) is 2.59. The van der Waals surface area contributed by atoms with E-state index in [0.29, 0.717) is 11.1 Å². The second-order valence-corrected chi connectivity index (χ2v) is 5.29. The van der Waals surface area contributed by atoms with Gasteiger partial charge in [0.15, 0.2) is 0 Å². The van der Waals surface area contributed by atoms with Gasteiger partial charge in [0, 0.05) is 10.9 Å². The molecule has 120 valence electrons. The van der Waals surface area contributed by atoms with Crippen molar-refractivity contribution in [2.24, 2.45) is 10.8 Å². The molecule has 1 aromatic heterocycles. The highest BCUT2D eigenvalue weighted by atomic mass is 16.3. The lowest BCUT2D eigenvalue weighted by Gasteiger charge is -2.03. The number of nitrogens with two attached hydrogens (primary N) is 1. The van der Waals surface area contributed by atoms with Gasteiger partial charge in [0.25, 0.3) is 11.8 Å². The Morgan fingerprint density at radius 2 is 1.79 bits per heavy atom. The van der Waals surface area contributed by atoms with Gasteiger partial charge >= 0.3 is 0 Å². The van der Waals surface area contributed by atoms with Crippen molar-refractivity contribution >= 4 is 22.8 Å². The number of para-hydroxylation sites is 1. The molecule has 0 saturated carbocycles. The average molecular weight is 321 g/mol.